The lowest BCUT2D eigenvalue weighted by atomic mass is 9.96. The number of piperidine rings is 1. The van der Waals surface area contributed by atoms with Crippen molar-refractivity contribution in [2.75, 3.05) is 33.4 Å². The molecule has 37 heavy (non-hydrogen) atoms. The monoisotopic (exact) mass is 502 g/mol. The molecule has 4 aliphatic rings. The van der Waals surface area contributed by atoms with Gasteiger partial charge in [-0.2, -0.15) is 4.98 Å². The Kier molecular flexibility index (Phi) is 5.58. The molecule has 3 aromatic heterocycles. The number of hydrogen-bond acceptors (Lipinski definition) is 6. The van der Waals surface area contributed by atoms with Gasteiger partial charge in [-0.3, -0.25) is 4.79 Å². The molecule has 0 radical (unpaired) electrons. The summed E-state index contributed by atoms with van der Waals surface area (Å²) in [5.74, 6) is 2.38. The molecule has 9 nitrogen and oxygen atoms in total. The summed E-state index contributed by atoms with van der Waals surface area (Å²) < 4.78 is 15.8. The summed E-state index contributed by atoms with van der Waals surface area (Å²) in [5.41, 5.74) is 4.97. The van der Waals surface area contributed by atoms with Crippen LogP contribution in [0.25, 0.3) is 28.6 Å². The van der Waals surface area contributed by atoms with Crippen LogP contribution in [0.3, 0.4) is 0 Å². The number of aromatic nitrogens is 4. The van der Waals surface area contributed by atoms with E-state index < -0.39 is 0 Å². The lowest BCUT2D eigenvalue weighted by molar-refractivity contribution is -0.132. The fraction of sp³-hybridized carbons (Fsp3) is 0.536. The minimum atomic E-state index is 0.141. The highest BCUT2D eigenvalue weighted by atomic mass is 16.5. The van der Waals surface area contributed by atoms with E-state index in [4.69, 9.17) is 19.4 Å². The molecule has 7 rings (SSSR count). The average Bonchev–Trinajstić information content (AvgIpc) is 3.61. The van der Waals surface area contributed by atoms with Crippen molar-refractivity contribution in [3.05, 3.63) is 35.2 Å². The van der Waals surface area contributed by atoms with Gasteiger partial charge >= 0.3 is 0 Å². The number of carbonyl (C=O) groups excluding carboxylic acids is 1. The van der Waals surface area contributed by atoms with Crippen LogP contribution in [0.1, 0.15) is 37.1 Å². The molecule has 0 bridgehead atoms. The van der Waals surface area contributed by atoms with Gasteiger partial charge in [-0.05, 0) is 56.2 Å². The van der Waals surface area contributed by atoms with Gasteiger partial charge in [-0.25, -0.2) is 4.98 Å². The van der Waals surface area contributed by atoms with Crippen LogP contribution in [0.4, 0.5) is 0 Å². The summed E-state index contributed by atoms with van der Waals surface area (Å²) in [6.07, 6.45) is 7.20. The number of methoxy groups -OCH3 is 1. The van der Waals surface area contributed by atoms with Crippen molar-refractivity contribution in [1.82, 2.24) is 29.3 Å². The fourth-order valence-electron chi connectivity index (χ4n) is 6.17. The molecule has 1 saturated carbocycles. The summed E-state index contributed by atoms with van der Waals surface area (Å²) in [6.45, 7) is 4.00. The predicted octanol–water partition coefficient (Wildman–Crippen LogP) is 2.77. The normalized spacial score (nSPS) is 23.5. The van der Waals surface area contributed by atoms with Crippen LogP contribution in [0.2, 0.25) is 0 Å². The van der Waals surface area contributed by atoms with Crippen LogP contribution in [-0.2, 0) is 29.5 Å². The van der Waals surface area contributed by atoms with Crippen molar-refractivity contribution in [1.29, 1.82) is 0 Å². The molecule has 1 amide bonds. The van der Waals surface area contributed by atoms with Gasteiger partial charge in [-0.15, -0.1) is 0 Å². The van der Waals surface area contributed by atoms with Crippen molar-refractivity contribution in [3.63, 3.8) is 0 Å². The first kappa shape index (κ1) is 23.0. The van der Waals surface area contributed by atoms with E-state index in [1.165, 1.54) is 18.5 Å². The number of amides is 1. The highest BCUT2D eigenvalue weighted by Gasteiger charge is 2.35. The van der Waals surface area contributed by atoms with Crippen LogP contribution in [0.5, 0.6) is 5.88 Å². The zero-order valence-electron chi connectivity index (χ0n) is 21.6. The quantitative estimate of drug-likeness (QED) is 0.578. The topological polar surface area (TPSA) is 86.4 Å². The van der Waals surface area contributed by atoms with E-state index in [0.29, 0.717) is 18.3 Å². The van der Waals surface area contributed by atoms with E-state index in [1.807, 2.05) is 17.0 Å². The number of hydrogen-bond donors (Lipinski definition) is 1. The first-order valence-electron chi connectivity index (χ1n) is 13.5. The maximum absolute atomic E-state index is 13.5. The van der Waals surface area contributed by atoms with Gasteiger partial charge in [0.1, 0.15) is 5.65 Å². The van der Waals surface area contributed by atoms with E-state index in [1.54, 1.807) is 7.11 Å². The molecule has 0 aromatic carbocycles. The molecule has 2 atom stereocenters. The third-order valence-corrected chi connectivity index (χ3v) is 8.43. The van der Waals surface area contributed by atoms with Gasteiger partial charge in [0.05, 0.1) is 37.3 Å². The molecule has 2 saturated heterocycles. The van der Waals surface area contributed by atoms with Crippen molar-refractivity contribution < 1.29 is 14.3 Å². The highest BCUT2D eigenvalue weighted by molar-refractivity contribution is 5.98. The van der Waals surface area contributed by atoms with Crippen LogP contribution in [0.15, 0.2) is 23.8 Å². The van der Waals surface area contributed by atoms with Crippen molar-refractivity contribution in [2.24, 2.45) is 13.0 Å². The first-order chi connectivity index (χ1) is 18.1. The summed E-state index contributed by atoms with van der Waals surface area (Å²) in [4.78, 5) is 25.4. The largest absolute Gasteiger partial charge is 0.481 e. The molecule has 0 spiro atoms. The number of likely N-dealkylation sites (tertiary alicyclic amines) is 1. The van der Waals surface area contributed by atoms with Gasteiger partial charge in [-0.1, -0.05) is 0 Å². The maximum Gasteiger partial charge on any atom is 0.249 e. The van der Waals surface area contributed by atoms with E-state index in [-0.39, 0.29) is 18.1 Å². The van der Waals surface area contributed by atoms with E-state index >= 15 is 0 Å². The standard InChI is InChI=1S/C28H34N6O3/c1-32-22-7-5-19(28(35)33-11-9-24-21(16-33)29-10-12-37-24)13-20(22)30-27(32)23-14-18-6-8-25(36-2)31-26(18)34(23)15-17-3-4-17/h6,8,13-14,17,21,24,29H,3-5,7,9-12,15-16H2,1-2H3/t21-,24+/m1/s1. The Bertz CT molecular complexity index is 1400. The molecular weight excluding hydrogens is 468 g/mol. The summed E-state index contributed by atoms with van der Waals surface area (Å²) in [6, 6.07) is 6.41. The number of ether oxygens (including phenoxy) is 2. The van der Waals surface area contributed by atoms with E-state index in [0.717, 1.165) is 79.3 Å². The van der Waals surface area contributed by atoms with Gasteiger partial charge in [0.15, 0.2) is 5.82 Å². The number of rotatable bonds is 5. The Morgan fingerprint density at radius 1 is 1.22 bits per heavy atom. The van der Waals surface area contributed by atoms with Gasteiger partial charge in [0.2, 0.25) is 11.8 Å². The van der Waals surface area contributed by atoms with Crippen LogP contribution in [-0.4, -0.2) is 75.4 Å². The predicted molar refractivity (Wildman–Crippen MR) is 140 cm³/mol. The Morgan fingerprint density at radius 3 is 2.95 bits per heavy atom. The minimum absolute atomic E-state index is 0.141. The van der Waals surface area contributed by atoms with Crippen molar-refractivity contribution in [2.45, 2.75) is 50.8 Å². The molecule has 3 fully saturated rings. The van der Waals surface area contributed by atoms with Gasteiger partial charge in [0.25, 0.3) is 0 Å². The van der Waals surface area contributed by atoms with Crippen molar-refractivity contribution >= 4 is 23.0 Å². The number of imidazole rings is 1. The Morgan fingerprint density at radius 2 is 2.11 bits per heavy atom. The van der Waals surface area contributed by atoms with E-state index in [9.17, 15) is 4.79 Å². The molecule has 3 aromatic rings. The molecule has 2 aliphatic carbocycles. The second-order valence-corrected chi connectivity index (χ2v) is 10.9. The third-order valence-electron chi connectivity index (χ3n) is 8.43. The lowest BCUT2D eigenvalue weighted by Crippen LogP contribution is -2.59. The highest BCUT2D eigenvalue weighted by Crippen LogP contribution is 2.37. The number of nitrogens with zero attached hydrogens (tertiary/aromatic N) is 5. The Balaban J connectivity index is 1.21. The van der Waals surface area contributed by atoms with Gasteiger partial charge in [0, 0.05) is 55.9 Å². The number of carbonyl (C=O) groups is 1. The average molecular weight is 503 g/mol. The molecule has 1 N–H and O–H groups in total. The molecular formula is C28H34N6O3. The Hall–Kier alpha value is -3.17. The molecule has 5 heterocycles. The second-order valence-electron chi connectivity index (χ2n) is 10.9. The van der Waals surface area contributed by atoms with Gasteiger partial charge < -0.3 is 28.8 Å². The molecule has 2 aliphatic heterocycles. The number of pyridine rings is 1. The minimum Gasteiger partial charge on any atom is -0.481 e. The van der Waals surface area contributed by atoms with Crippen LogP contribution >= 0.6 is 0 Å². The lowest BCUT2D eigenvalue weighted by Gasteiger charge is -2.41. The number of nitrogens with one attached hydrogen (secondary N) is 1. The zero-order valence-corrected chi connectivity index (χ0v) is 21.6. The van der Waals surface area contributed by atoms with E-state index in [2.05, 4.69) is 33.6 Å². The fourth-order valence-corrected chi connectivity index (χ4v) is 6.17. The summed E-state index contributed by atoms with van der Waals surface area (Å²) in [7, 11) is 3.75. The Labute approximate surface area is 216 Å². The SMILES string of the molecule is COc1ccc2cc(-c3nc4c(n3C)CCC(C(=O)N3CC[C@@H]5OCCN[C@@H]5C3)=C4)n(CC3CC3)c2n1. The maximum atomic E-state index is 13.5. The summed E-state index contributed by atoms with van der Waals surface area (Å²) in [5, 5.41) is 4.62. The summed E-state index contributed by atoms with van der Waals surface area (Å²) >= 11 is 0. The third kappa shape index (κ3) is 4.05. The molecule has 0 unspecified atom stereocenters. The van der Waals surface area contributed by atoms with Crippen molar-refractivity contribution in [3.8, 4) is 17.4 Å². The zero-order chi connectivity index (χ0) is 25.1. The first-order valence-corrected chi connectivity index (χ1v) is 13.5. The van der Waals surface area contributed by atoms with Crippen LogP contribution in [0, 0.1) is 5.92 Å². The van der Waals surface area contributed by atoms with Crippen LogP contribution < -0.4 is 10.1 Å². The molecule has 194 valence electrons. The molecule has 9 heteroatoms. The second kappa shape index (κ2) is 8.99. The number of morpholine rings is 1. The smallest absolute Gasteiger partial charge is 0.249 e. The number of fused-ring (bicyclic) bond motifs is 3.